The van der Waals surface area contributed by atoms with Crippen LogP contribution in [0, 0.1) is 0 Å². The smallest absolute Gasteiger partial charge is 0.109 e. The van der Waals surface area contributed by atoms with Crippen LogP contribution >= 0.6 is 11.3 Å². The molecule has 14 rings (SSSR count). The molecular formula is C62H51N3S. The molecule has 320 valence electrons. The van der Waals surface area contributed by atoms with Crippen LogP contribution in [-0.2, 0) is 16.2 Å². The van der Waals surface area contributed by atoms with Gasteiger partial charge >= 0.3 is 0 Å². The Balaban J connectivity index is 1.18. The van der Waals surface area contributed by atoms with Crippen LogP contribution in [0.2, 0.25) is 0 Å². The molecule has 0 radical (unpaired) electrons. The zero-order valence-electron chi connectivity index (χ0n) is 39.1. The highest BCUT2D eigenvalue weighted by molar-refractivity contribution is 7.25. The first-order valence-electron chi connectivity index (χ1n) is 23.6. The Morgan fingerprint density at radius 1 is 0.364 bits per heavy atom. The molecule has 0 N–H and O–H groups in total. The molecule has 0 aliphatic rings. The van der Waals surface area contributed by atoms with Gasteiger partial charge in [-0.25, -0.2) is 0 Å². The predicted octanol–water partition coefficient (Wildman–Crippen LogP) is 17.9. The molecule has 4 heteroatoms. The lowest BCUT2D eigenvalue weighted by atomic mass is 9.83. The Labute approximate surface area is 387 Å². The molecular weight excluding hydrogens is 819 g/mol. The van der Waals surface area contributed by atoms with Gasteiger partial charge in [-0.15, -0.1) is 11.3 Å². The van der Waals surface area contributed by atoms with Crippen LogP contribution in [0.5, 0.6) is 0 Å². The van der Waals surface area contributed by atoms with E-state index < -0.39 is 0 Å². The van der Waals surface area contributed by atoms with E-state index in [1.165, 1.54) is 141 Å². The van der Waals surface area contributed by atoms with Crippen LogP contribution in [0.25, 0.3) is 124 Å². The molecule has 0 saturated heterocycles. The summed E-state index contributed by atoms with van der Waals surface area (Å²) in [6.45, 7) is 21.3. The van der Waals surface area contributed by atoms with Gasteiger partial charge in [-0.1, -0.05) is 129 Å². The maximum atomic E-state index is 2.67. The van der Waals surface area contributed by atoms with E-state index in [2.05, 4.69) is 221 Å². The van der Waals surface area contributed by atoms with Crippen molar-refractivity contribution in [1.29, 1.82) is 0 Å². The minimum Gasteiger partial charge on any atom is -0.309 e. The number of hydrogen-bond donors (Lipinski definition) is 0. The van der Waals surface area contributed by atoms with E-state index in [1.807, 2.05) is 11.3 Å². The SMILES string of the molecule is CC(C)(C)c1cc(-c2ccc3c(c2)c2ccccc2n3-c2ccccc2)c2c(c1)c1cc(C(C)(C)C)cc3c4c(ccc5c6cc(C(C)(C)C)cc7c8c9ccccc9sc8n(c67)c54)n2c13. The van der Waals surface area contributed by atoms with Crippen molar-refractivity contribution >= 4 is 119 Å². The van der Waals surface area contributed by atoms with Crippen molar-refractivity contribution in [3.63, 3.8) is 0 Å². The molecule has 6 aromatic heterocycles. The van der Waals surface area contributed by atoms with Crippen LogP contribution in [0.4, 0.5) is 0 Å². The lowest BCUT2D eigenvalue weighted by molar-refractivity contribution is 0.591. The van der Waals surface area contributed by atoms with Crippen LogP contribution in [0.3, 0.4) is 0 Å². The lowest BCUT2D eigenvalue weighted by Gasteiger charge is -2.22. The van der Waals surface area contributed by atoms with Crippen molar-refractivity contribution in [1.82, 2.24) is 13.4 Å². The van der Waals surface area contributed by atoms with Gasteiger partial charge in [-0.3, -0.25) is 4.40 Å². The summed E-state index contributed by atoms with van der Waals surface area (Å²) in [5, 5.41) is 14.7. The third-order valence-corrected chi connectivity index (χ3v) is 16.3. The van der Waals surface area contributed by atoms with Crippen molar-refractivity contribution in [2.75, 3.05) is 0 Å². The number of nitrogens with zero attached hydrogens (tertiary/aromatic N) is 3. The summed E-state index contributed by atoms with van der Waals surface area (Å²) in [6.07, 6.45) is 0. The third-order valence-electron chi connectivity index (χ3n) is 15.1. The molecule has 3 nitrogen and oxygen atoms in total. The molecule has 0 aliphatic heterocycles. The summed E-state index contributed by atoms with van der Waals surface area (Å²) in [7, 11) is 0. The van der Waals surface area contributed by atoms with E-state index in [0.29, 0.717) is 0 Å². The van der Waals surface area contributed by atoms with Gasteiger partial charge in [-0.05, 0) is 117 Å². The van der Waals surface area contributed by atoms with E-state index in [0.717, 1.165) is 0 Å². The van der Waals surface area contributed by atoms with Crippen LogP contribution in [0.15, 0.2) is 146 Å². The van der Waals surface area contributed by atoms with Gasteiger partial charge in [0.2, 0.25) is 0 Å². The van der Waals surface area contributed by atoms with Gasteiger partial charge in [0, 0.05) is 75.2 Å². The molecule has 0 bridgehead atoms. The highest BCUT2D eigenvalue weighted by Gasteiger charge is 2.31. The van der Waals surface area contributed by atoms with Gasteiger partial charge in [-0.2, -0.15) is 0 Å². The van der Waals surface area contributed by atoms with E-state index in [-0.39, 0.29) is 16.2 Å². The largest absolute Gasteiger partial charge is 0.309 e. The Morgan fingerprint density at radius 3 is 1.62 bits per heavy atom. The van der Waals surface area contributed by atoms with Gasteiger partial charge in [0.25, 0.3) is 0 Å². The standard InChI is InChI=1S/C62H51N3S/c1-60(2,3)35-28-42(34-23-25-50-43(27-34)39-19-13-15-21-49(39)63(50)38-17-11-10-12-18-38)55-45(30-35)46-31-37(62(7,8)9)33-48-54-51(64(55)56(46)48)26-24-40-44-29-36(61(4,5)6)32-47-53-41-20-14-16-22-52(41)66-59(53)65(57(44)47)58(40)54/h10-33H,1-9H3. The number of fused-ring (bicyclic) bond motifs is 18. The summed E-state index contributed by atoms with van der Waals surface area (Å²) >= 11 is 1.94. The molecule has 0 atom stereocenters. The second-order valence-corrected chi connectivity index (χ2v) is 23.3. The Morgan fingerprint density at radius 2 is 0.909 bits per heavy atom. The van der Waals surface area contributed by atoms with Crippen LogP contribution < -0.4 is 0 Å². The zero-order chi connectivity index (χ0) is 44.9. The summed E-state index contributed by atoms with van der Waals surface area (Å²) in [4.78, 5) is 1.34. The molecule has 0 saturated carbocycles. The maximum Gasteiger partial charge on any atom is 0.109 e. The maximum absolute atomic E-state index is 2.67. The third kappa shape index (κ3) is 4.93. The number of benzene rings is 8. The normalized spacial score (nSPS) is 13.5. The minimum absolute atomic E-state index is 0.00332. The fraction of sp³-hybridized carbons (Fsp3) is 0.194. The first-order chi connectivity index (χ1) is 31.6. The Bertz CT molecular complexity index is 4370. The summed E-state index contributed by atoms with van der Waals surface area (Å²) in [5.41, 5.74) is 16.6. The molecule has 14 aromatic rings. The summed E-state index contributed by atoms with van der Waals surface area (Å²) in [5.74, 6) is 0. The van der Waals surface area contributed by atoms with Gasteiger partial charge < -0.3 is 8.97 Å². The zero-order valence-corrected chi connectivity index (χ0v) is 39.9. The van der Waals surface area contributed by atoms with E-state index in [4.69, 9.17) is 0 Å². The van der Waals surface area contributed by atoms with Crippen LogP contribution in [0.1, 0.15) is 79.0 Å². The molecule has 66 heavy (non-hydrogen) atoms. The summed E-state index contributed by atoms with van der Waals surface area (Å²) in [6, 6.07) is 56.0. The van der Waals surface area contributed by atoms with Crippen molar-refractivity contribution in [2.45, 2.75) is 78.6 Å². The van der Waals surface area contributed by atoms with Crippen molar-refractivity contribution in [2.24, 2.45) is 0 Å². The number of para-hydroxylation sites is 2. The highest BCUT2D eigenvalue weighted by atomic mass is 32.1. The topological polar surface area (TPSA) is 13.8 Å². The van der Waals surface area contributed by atoms with Gasteiger partial charge in [0.05, 0.1) is 38.6 Å². The first kappa shape index (κ1) is 38.4. The second kappa shape index (κ2) is 12.5. The van der Waals surface area contributed by atoms with Crippen molar-refractivity contribution < 1.29 is 0 Å². The van der Waals surface area contributed by atoms with Gasteiger partial charge in [0.15, 0.2) is 0 Å². The molecule has 0 unspecified atom stereocenters. The molecule has 0 fully saturated rings. The lowest BCUT2D eigenvalue weighted by Crippen LogP contribution is -2.11. The van der Waals surface area contributed by atoms with Crippen molar-refractivity contribution in [3.8, 4) is 16.8 Å². The molecule has 8 aromatic carbocycles. The number of rotatable bonds is 2. The molecule has 0 amide bonds. The Hall–Kier alpha value is -6.88. The summed E-state index contributed by atoms with van der Waals surface area (Å²) < 4.78 is 9.10. The quantitative estimate of drug-likeness (QED) is 0.164. The van der Waals surface area contributed by atoms with Gasteiger partial charge in [0.1, 0.15) is 4.83 Å². The Kier molecular flexibility index (Phi) is 7.28. The minimum atomic E-state index is -0.0643. The average Bonchev–Trinajstić information content (AvgIpc) is 4.13. The fourth-order valence-corrected chi connectivity index (χ4v) is 13.0. The van der Waals surface area contributed by atoms with Crippen LogP contribution in [-0.4, -0.2) is 13.4 Å². The highest BCUT2D eigenvalue weighted by Crippen LogP contribution is 2.52. The number of aromatic nitrogens is 3. The van der Waals surface area contributed by atoms with E-state index in [1.54, 1.807) is 0 Å². The fourth-order valence-electron chi connectivity index (χ4n) is 11.7. The van der Waals surface area contributed by atoms with Crippen molar-refractivity contribution in [3.05, 3.63) is 162 Å². The second-order valence-electron chi connectivity index (χ2n) is 22.2. The predicted molar refractivity (Wildman–Crippen MR) is 287 cm³/mol. The monoisotopic (exact) mass is 869 g/mol. The van der Waals surface area contributed by atoms with E-state index >= 15 is 0 Å². The first-order valence-corrected chi connectivity index (χ1v) is 24.4. The number of hydrogen-bond acceptors (Lipinski definition) is 1. The van der Waals surface area contributed by atoms with E-state index in [9.17, 15) is 0 Å². The molecule has 0 spiro atoms. The molecule has 0 aliphatic carbocycles. The number of thiophene rings is 1. The average molecular weight is 870 g/mol. The molecule has 6 heterocycles.